The van der Waals surface area contributed by atoms with Crippen molar-refractivity contribution in [3.05, 3.63) is 0 Å². The second kappa shape index (κ2) is 7.11. The van der Waals surface area contributed by atoms with Gasteiger partial charge in [0.2, 0.25) is 0 Å². The van der Waals surface area contributed by atoms with Gasteiger partial charge >= 0.3 is 0 Å². The van der Waals surface area contributed by atoms with Crippen molar-refractivity contribution in [3.8, 4) is 6.07 Å². The molecule has 1 N–H and O–H groups in total. The third-order valence-corrected chi connectivity index (χ3v) is 4.32. The van der Waals surface area contributed by atoms with Crippen LogP contribution in [0.25, 0.3) is 0 Å². The third-order valence-electron chi connectivity index (χ3n) is 4.32. The topological polar surface area (TPSA) is 45.0 Å². The van der Waals surface area contributed by atoms with Crippen molar-refractivity contribution >= 4 is 0 Å². The fourth-order valence-electron chi connectivity index (χ4n) is 4.09. The fraction of sp³-hybridized carbons (Fsp3) is 0.944. The molecule has 1 rings (SSSR count). The predicted octanol–water partition coefficient (Wildman–Crippen LogP) is 4.28. The lowest BCUT2D eigenvalue weighted by molar-refractivity contribution is -0.0659. The molecule has 0 amide bonds. The van der Waals surface area contributed by atoms with E-state index in [1.807, 2.05) is 6.92 Å². The first-order valence-electron chi connectivity index (χ1n) is 8.39. The zero-order valence-electron chi connectivity index (χ0n) is 15.0. The first-order chi connectivity index (χ1) is 9.55. The van der Waals surface area contributed by atoms with Gasteiger partial charge in [0.25, 0.3) is 0 Å². The van der Waals surface area contributed by atoms with Gasteiger partial charge in [-0.05, 0) is 58.3 Å². The van der Waals surface area contributed by atoms with E-state index in [0.717, 1.165) is 25.2 Å². The maximum Gasteiger partial charge on any atom is 0.106 e. The Hall–Kier alpha value is -0.590. The molecule has 1 aliphatic carbocycles. The van der Waals surface area contributed by atoms with E-state index in [1.165, 1.54) is 6.42 Å². The molecule has 0 aromatic carbocycles. The Morgan fingerprint density at radius 1 is 1.33 bits per heavy atom. The van der Waals surface area contributed by atoms with Crippen LogP contribution in [0.15, 0.2) is 0 Å². The van der Waals surface area contributed by atoms with Crippen LogP contribution in [0, 0.1) is 22.7 Å². The molecule has 0 aromatic rings. The second-order valence-corrected chi connectivity index (χ2v) is 8.43. The molecular weight excluding hydrogens is 260 g/mol. The van der Waals surface area contributed by atoms with Crippen LogP contribution >= 0.6 is 0 Å². The molecular formula is C18H34N2O. The number of ether oxygens (including phenoxy) is 1. The molecule has 0 aromatic heterocycles. The van der Waals surface area contributed by atoms with Crippen LogP contribution < -0.4 is 5.32 Å². The summed E-state index contributed by atoms with van der Waals surface area (Å²) in [7, 11) is 0. The number of rotatable bonds is 6. The van der Waals surface area contributed by atoms with E-state index in [4.69, 9.17) is 4.74 Å². The lowest BCUT2D eigenvalue weighted by Crippen LogP contribution is -2.47. The molecule has 0 heterocycles. The van der Waals surface area contributed by atoms with Gasteiger partial charge in [0.05, 0.1) is 18.3 Å². The Kier molecular flexibility index (Phi) is 6.25. The highest BCUT2D eigenvalue weighted by Gasteiger charge is 2.34. The Morgan fingerprint density at radius 2 is 1.95 bits per heavy atom. The van der Waals surface area contributed by atoms with Crippen molar-refractivity contribution in [2.45, 2.75) is 97.9 Å². The molecule has 1 fully saturated rings. The molecule has 4 unspecified atom stereocenters. The molecule has 0 spiro atoms. The van der Waals surface area contributed by atoms with Crippen LogP contribution in [0.3, 0.4) is 0 Å². The van der Waals surface area contributed by atoms with Crippen LogP contribution in [-0.2, 0) is 4.74 Å². The number of nitrogens with one attached hydrogen (secondary N) is 1. The van der Waals surface area contributed by atoms with Gasteiger partial charge < -0.3 is 4.74 Å². The van der Waals surface area contributed by atoms with Crippen molar-refractivity contribution in [2.75, 3.05) is 0 Å². The van der Waals surface area contributed by atoms with Gasteiger partial charge in [0, 0.05) is 12.5 Å². The number of nitrogens with zero attached hydrogens (tertiary/aromatic N) is 1. The van der Waals surface area contributed by atoms with E-state index in [2.05, 4.69) is 52.9 Å². The van der Waals surface area contributed by atoms with E-state index in [-0.39, 0.29) is 6.10 Å². The zero-order chi connectivity index (χ0) is 16.3. The maximum atomic E-state index is 9.45. The number of hydrogen-bond acceptors (Lipinski definition) is 3. The van der Waals surface area contributed by atoms with Crippen molar-refractivity contribution in [2.24, 2.45) is 11.3 Å². The average molecular weight is 294 g/mol. The molecule has 0 aliphatic heterocycles. The predicted molar refractivity (Wildman–Crippen MR) is 88.0 cm³/mol. The summed E-state index contributed by atoms with van der Waals surface area (Å²) >= 11 is 0. The van der Waals surface area contributed by atoms with Crippen LogP contribution in [0.2, 0.25) is 0 Å². The zero-order valence-corrected chi connectivity index (χ0v) is 15.0. The minimum Gasteiger partial charge on any atom is -0.375 e. The number of nitriles is 1. The van der Waals surface area contributed by atoms with Crippen molar-refractivity contribution in [3.63, 3.8) is 0 Å². The minimum absolute atomic E-state index is 0.104. The van der Waals surface area contributed by atoms with Crippen LogP contribution in [0.1, 0.15) is 74.1 Å². The lowest BCUT2D eigenvalue weighted by atomic mass is 9.71. The minimum atomic E-state index is -0.511. The van der Waals surface area contributed by atoms with Crippen molar-refractivity contribution < 1.29 is 4.74 Å². The SMILES string of the molecule is CC1CC(OC(C)CC(C)(C#N)NC(C)C)CC(C)(C)C1. The number of hydrogen-bond donors (Lipinski definition) is 1. The van der Waals surface area contributed by atoms with Gasteiger partial charge in [0.1, 0.15) is 5.54 Å². The first kappa shape index (κ1) is 18.5. The fourth-order valence-corrected chi connectivity index (χ4v) is 4.09. The third kappa shape index (κ3) is 6.36. The van der Waals surface area contributed by atoms with Crippen molar-refractivity contribution in [1.82, 2.24) is 5.32 Å². The molecule has 0 saturated heterocycles. The molecule has 122 valence electrons. The van der Waals surface area contributed by atoms with Crippen LogP contribution in [0.5, 0.6) is 0 Å². The molecule has 4 atom stereocenters. The first-order valence-corrected chi connectivity index (χ1v) is 8.39. The average Bonchev–Trinajstić information content (AvgIpc) is 2.23. The normalized spacial score (nSPS) is 29.7. The quantitative estimate of drug-likeness (QED) is 0.795. The Labute approximate surface area is 131 Å². The lowest BCUT2D eigenvalue weighted by Gasteiger charge is -2.40. The molecule has 0 bridgehead atoms. The van der Waals surface area contributed by atoms with Gasteiger partial charge in [-0.15, -0.1) is 0 Å². The van der Waals surface area contributed by atoms with Crippen LogP contribution in [-0.4, -0.2) is 23.8 Å². The maximum absolute atomic E-state index is 9.45. The molecule has 1 aliphatic rings. The van der Waals surface area contributed by atoms with Crippen LogP contribution in [0.4, 0.5) is 0 Å². The summed E-state index contributed by atoms with van der Waals surface area (Å²) in [6.45, 7) is 15.2. The molecule has 1 saturated carbocycles. The van der Waals surface area contributed by atoms with Gasteiger partial charge in [-0.2, -0.15) is 5.26 Å². The van der Waals surface area contributed by atoms with E-state index < -0.39 is 5.54 Å². The summed E-state index contributed by atoms with van der Waals surface area (Å²) in [5.74, 6) is 0.724. The van der Waals surface area contributed by atoms with E-state index >= 15 is 0 Å². The Bertz CT molecular complexity index is 372. The summed E-state index contributed by atoms with van der Waals surface area (Å²) < 4.78 is 6.29. The van der Waals surface area contributed by atoms with Gasteiger partial charge in [-0.25, -0.2) is 0 Å². The largest absolute Gasteiger partial charge is 0.375 e. The standard InChI is InChI=1S/C18H34N2O/c1-13(2)20-18(7,12-19)10-15(4)21-16-8-14(3)9-17(5,6)11-16/h13-16,20H,8-11H2,1-7H3. The highest BCUT2D eigenvalue weighted by molar-refractivity contribution is 5.05. The monoisotopic (exact) mass is 294 g/mol. The highest BCUT2D eigenvalue weighted by Crippen LogP contribution is 2.40. The molecule has 0 radical (unpaired) electrons. The second-order valence-electron chi connectivity index (χ2n) is 8.43. The summed E-state index contributed by atoms with van der Waals surface area (Å²) in [6, 6.07) is 2.71. The summed E-state index contributed by atoms with van der Waals surface area (Å²) in [6.07, 6.45) is 4.73. The Morgan fingerprint density at radius 3 is 2.43 bits per heavy atom. The summed E-state index contributed by atoms with van der Waals surface area (Å²) in [5, 5.41) is 12.8. The summed E-state index contributed by atoms with van der Waals surface area (Å²) in [5.41, 5.74) is -0.139. The van der Waals surface area contributed by atoms with E-state index in [1.54, 1.807) is 0 Å². The highest BCUT2D eigenvalue weighted by atomic mass is 16.5. The van der Waals surface area contributed by atoms with Gasteiger partial charge in [-0.1, -0.05) is 20.8 Å². The van der Waals surface area contributed by atoms with Gasteiger partial charge in [0.15, 0.2) is 0 Å². The molecule has 3 nitrogen and oxygen atoms in total. The molecule has 21 heavy (non-hydrogen) atoms. The van der Waals surface area contributed by atoms with E-state index in [0.29, 0.717) is 17.6 Å². The van der Waals surface area contributed by atoms with E-state index in [9.17, 15) is 5.26 Å². The van der Waals surface area contributed by atoms with Gasteiger partial charge in [-0.3, -0.25) is 5.32 Å². The Balaban J connectivity index is 2.56. The van der Waals surface area contributed by atoms with Crippen molar-refractivity contribution in [1.29, 1.82) is 5.26 Å². The summed E-state index contributed by atoms with van der Waals surface area (Å²) in [4.78, 5) is 0. The molecule has 3 heteroatoms. The smallest absolute Gasteiger partial charge is 0.106 e.